The van der Waals surface area contributed by atoms with E-state index in [1.807, 2.05) is 61.5 Å². The van der Waals surface area contributed by atoms with Crippen LogP contribution in [0.15, 0.2) is 54.6 Å². The highest BCUT2D eigenvalue weighted by atomic mass is 16.5. The molecule has 0 spiro atoms. The number of methoxy groups -OCH3 is 1. The lowest BCUT2D eigenvalue weighted by Crippen LogP contribution is -2.51. The molecule has 0 fully saturated rings. The predicted molar refractivity (Wildman–Crippen MR) is 120 cm³/mol. The molecule has 30 heavy (non-hydrogen) atoms. The number of ether oxygens (including phenoxy) is 1. The first kappa shape index (κ1) is 23.5. The molecular formula is C25H34N2O3. The van der Waals surface area contributed by atoms with Crippen LogP contribution in [-0.2, 0) is 22.4 Å². The van der Waals surface area contributed by atoms with Crippen molar-refractivity contribution in [2.75, 3.05) is 20.2 Å². The Labute approximate surface area is 180 Å². The second kappa shape index (κ2) is 12.0. The summed E-state index contributed by atoms with van der Waals surface area (Å²) in [4.78, 5) is 27.8. The van der Waals surface area contributed by atoms with E-state index in [0.717, 1.165) is 16.9 Å². The van der Waals surface area contributed by atoms with Crippen LogP contribution < -0.4 is 10.1 Å². The number of hydrogen-bond donors (Lipinski definition) is 1. The van der Waals surface area contributed by atoms with E-state index >= 15 is 0 Å². The van der Waals surface area contributed by atoms with E-state index in [4.69, 9.17) is 4.74 Å². The van der Waals surface area contributed by atoms with Crippen molar-refractivity contribution in [2.24, 2.45) is 5.92 Å². The van der Waals surface area contributed by atoms with Crippen LogP contribution in [0.3, 0.4) is 0 Å². The summed E-state index contributed by atoms with van der Waals surface area (Å²) in [5.74, 6) is 0.996. The van der Waals surface area contributed by atoms with Crippen molar-refractivity contribution in [3.05, 3.63) is 65.7 Å². The maximum Gasteiger partial charge on any atom is 0.242 e. The minimum absolute atomic E-state index is 0.0392. The van der Waals surface area contributed by atoms with Gasteiger partial charge in [0.25, 0.3) is 0 Å². The number of amides is 2. The van der Waals surface area contributed by atoms with Crippen LogP contribution in [0.4, 0.5) is 0 Å². The van der Waals surface area contributed by atoms with Crippen LogP contribution in [0.2, 0.25) is 0 Å². The third-order valence-corrected chi connectivity index (χ3v) is 5.07. The largest absolute Gasteiger partial charge is 0.497 e. The van der Waals surface area contributed by atoms with Gasteiger partial charge in [0, 0.05) is 13.1 Å². The third kappa shape index (κ3) is 7.21. The van der Waals surface area contributed by atoms with Crippen LogP contribution in [-0.4, -0.2) is 43.0 Å². The lowest BCUT2D eigenvalue weighted by molar-refractivity contribution is -0.140. The maximum atomic E-state index is 13.2. The van der Waals surface area contributed by atoms with Crippen LogP contribution in [0.25, 0.3) is 0 Å². The van der Waals surface area contributed by atoms with Crippen LogP contribution in [0, 0.1) is 5.92 Å². The zero-order valence-electron chi connectivity index (χ0n) is 18.6. The normalized spacial score (nSPS) is 11.8. The predicted octanol–water partition coefficient (Wildman–Crippen LogP) is 3.86. The molecule has 0 saturated heterocycles. The summed E-state index contributed by atoms with van der Waals surface area (Å²) in [6.45, 7) is 7.18. The quantitative estimate of drug-likeness (QED) is 0.612. The summed E-state index contributed by atoms with van der Waals surface area (Å²) in [6.07, 6.45) is 1.54. The molecule has 0 saturated carbocycles. The van der Waals surface area contributed by atoms with E-state index in [0.29, 0.717) is 31.8 Å². The minimum Gasteiger partial charge on any atom is -0.497 e. The summed E-state index contributed by atoms with van der Waals surface area (Å²) in [6, 6.07) is 17.1. The first-order chi connectivity index (χ1) is 14.4. The van der Waals surface area contributed by atoms with Gasteiger partial charge in [-0.1, -0.05) is 63.2 Å². The summed E-state index contributed by atoms with van der Waals surface area (Å²) >= 11 is 0. The van der Waals surface area contributed by atoms with Gasteiger partial charge in [0.05, 0.1) is 13.5 Å². The van der Waals surface area contributed by atoms with Crippen molar-refractivity contribution in [3.63, 3.8) is 0 Å². The Morgan fingerprint density at radius 2 is 1.67 bits per heavy atom. The highest BCUT2D eigenvalue weighted by molar-refractivity contribution is 5.88. The van der Waals surface area contributed by atoms with Crippen LogP contribution in [0.5, 0.6) is 5.75 Å². The number of rotatable bonds is 11. The molecule has 2 aromatic rings. The fourth-order valence-electron chi connectivity index (χ4n) is 3.34. The fourth-order valence-corrected chi connectivity index (χ4v) is 3.34. The Bertz CT molecular complexity index is 788. The van der Waals surface area contributed by atoms with E-state index in [-0.39, 0.29) is 18.2 Å². The van der Waals surface area contributed by atoms with E-state index in [2.05, 4.69) is 19.2 Å². The molecular weight excluding hydrogens is 376 g/mol. The van der Waals surface area contributed by atoms with Gasteiger partial charge in [-0.05, 0) is 42.0 Å². The van der Waals surface area contributed by atoms with Gasteiger partial charge in [-0.2, -0.15) is 0 Å². The van der Waals surface area contributed by atoms with E-state index in [1.165, 1.54) is 0 Å². The van der Waals surface area contributed by atoms with Crippen LogP contribution >= 0.6 is 0 Å². The molecule has 0 radical (unpaired) electrons. The Morgan fingerprint density at radius 3 is 2.23 bits per heavy atom. The molecule has 162 valence electrons. The van der Waals surface area contributed by atoms with Gasteiger partial charge in [0.2, 0.25) is 11.8 Å². The molecule has 5 nitrogen and oxygen atoms in total. The zero-order chi connectivity index (χ0) is 21.9. The molecule has 2 amide bonds. The number of hydrogen-bond acceptors (Lipinski definition) is 3. The summed E-state index contributed by atoms with van der Waals surface area (Å²) < 4.78 is 5.19. The summed E-state index contributed by atoms with van der Waals surface area (Å²) in [7, 11) is 1.62. The van der Waals surface area contributed by atoms with Gasteiger partial charge in [0.1, 0.15) is 11.8 Å². The Hall–Kier alpha value is -2.82. The molecule has 0 aromatic heterocycles. The Kier molecular flexibility index (Phi) is 9.39. The highest BCUT2D eigenvalue weighted by Gasteiger charge is 2.28. The molecule has 0 aliphatic heterocycles. The number of carbonyl (C=O) groups is 2. The van der Waals surface area contributed by atoms with Gasteiger partial charge in [-0.3, -0.25) is 9.59 Å². The minimum atomic E-state index is -0.474. The molecule has 1 atom stereocenters. The van der Waals surface area contributed by atoms with Gasteiger partial charge in [-0.15, -0.1) is 0 Å². The highest BCUT2D eigenvalue weighted by Crippen LogP contribution is 2.15. The first-order valence-electron chi connectivity index (χ1n) is 10.7. The monoisotopic (exact) mass is 410 g/mol. The fraction of sp³-hybridized carbons (Fsp3) is 0.440. The summed E-state index contributed by atoms with van der Waals surface area (Å²) in [5, 5.41) is 3.00. The molecule has 0 heterocycles. The van der Waals surface area contributed by atoms with Gasteiger partial charge < -0.3 is 15.0 Å². The molecule has 0 bridgehead atoms. The van der Waals surface area contributed by atoms with E-state index in [1.54, 1.807) is 12.0 Å². The number of carbonyl (C=O) groups excluding carboxylic acids is 2. The Balaban J connectivity index is 2.16. The van der Waals surface area contributed by atoms with E-state index in [9.17, 15) is 9.59 Å². The molecule has 2 rings (SSSR count). The van der Waals surface area contributed by atoms with Crippen molar-refractivity contribution >= 4 is 11.8 Å². The SMILES string of the molecule is CC[C@H](C(=O)NCC(C)C)N(CCc1ccccc1)C(=O)Cc1ccc(OC)cc1. The first-order valence-corrected chi connectivity index (χ1v) is 10.7. The maximum absolute atomic E-state index is 13.2. The van der Waals surface area contributed by atoms with Crippen molar-refractivity contribution < 1.29 is 14.3 Å². The zero-order valence-corrected chi connectivity index (χ0v) is 18.6. The molecule has 1 N–H and O–H groups in total. The Morgan fingerprint density at radius 1 is 1.00 bits per heavy atom. The van der Waals surface area contributed by atoms with Gasteiger partial charge >= 0.3 is 0 Å². The van der Waals surface area contributed by atoms with E-state index < -0.39 is 6.04 Å². The second-order valence-corrected chi connectivity index (χ2v) is 7.91. The van der Waals surface area contributed by atoms with Crippen molar-refractivity contribution in [2.45, 2.75) is 46.1 Å². The number of nitrogens with one attached hydrogen (secondary N) is 1. The molecule has 0 aliphatic carbocycles. The lowest BCUT2D eigenvalue weighted by atomic mass is 10.1. The van der Waals surface area contributed by atoms with Crippen molar-refractivity contribution in [3.8, 4) is 5.75 Å². The average molecular weight is 411 g/mol. The van der Waals surface area contributed by atoms with Crippen molar-refractivity contribution in [1.82, 2.24) is 10.2 Å². The molecule has 2 aromatic carbocycles. The molecule has 0 aliphatic rings. The lowest BCUT2D eigenvalue weighted by Gasteiger charge is -2.31. The average Bonchev–Trinajstić information content (AvgIpc) is 2.76. The van der Waals surface area contributed by atoms with Crippen LogP contribution in [0.1, 0.15) is 38.3 Å². The third-order valence-electron chi connectivity index (χ3n) is 5.07. The topological polar surface area (TPSA) is 58.6 Å². The molecule has 0 unspecified atom stereocenters. The van der Waals surface area contributed by atoms with Crippen molar-refractivity contribution in [1.29, 1.82) is 0 Å². The van der Waals surface area contributed by atoms with Gasteiger partial charge in [-0.25, -0.2) is 0 Å². The molecule has 5 heteroatoms. The summed E-state index contributed by atoms with van der Waals surface area (Å²) in [5.41, 5.74) is 2.06. The van der Waals surface area contributed by atoms with Gasteiger partial charge in [0.15, 0.2) is 0 Å². The number of benzene rings is 2. The smallest absolute Gasteiger partial charge is 0.242 e. The standard InChI is InChI=1S/C25H34N2O3/c1-5-23(25(29)26-18-19(2)3)27(16-15-20-9-7-6-8-10-20)24(28)17-21-11-13-22(30-4)14-12-21/h6-14,19,23H,5,15-18H2,1-4H3,(H,26,29)/t23-/m1/s1. The second-order valence-electron chi connectivity index (χ2n) is 7.91. The number of nitrogens with zero attached hydrogens (tertiary/aromatic N) is 1.